The Bertz CT molecular complexity index is 961. The molecule has 0 aliphatic heterocycles. The highest BCUT2D eigenvalue weighted by Gasteiger charge is 2.21. The number of nitrogens with one attached hydrogen (secondary N) is 2. The number of nitrogens with zero attached hydrogens (tertiary/aromatic N) is 1. The van der Waals surface area contributed by atoms with Crippen LogP contribution in [0.5, 0.6) is 0 Å². The van der Waals surface area contributed by atoms with Crippen molar-refractivity contribution in [2.45, 2.75) is 43.0 Å². The van der Waals surface area contributed by atoms with Gasteiger partial charge in [-0.05, 0) is 43.2 Å². The molecular formula is C22H28FN3O3S. The number of hydrogen-bond acceptors (Lipinski definition) is 4. The summed E-state index contributed by atoms with van der Waals surface area (Å²) in [6.07, 6.45) is 5.68. The fourth-order valence-corrected chi connectivity index (χ4v) is 4.93. The molecule has 6 nitrogen and oxygen atoms in total. The van der Waals surface area contributed by atoms with E-state index in [2.05, 4.69) is 10.6 Å². The lowest BCUT2D eigenvalue weighted by molar-refractivity contribution is 0.252. The first-order chi connectivity index (χ1) is 14.4. The molecule has 8 heteroatoms. The van der Waals surface area contributed by atoms with Crippen LogP contribution in [0.1, 0.15) is 32.1 Å². The van der Waals surface area contributed by atoms with Crippen LogP contribution in [0.2, 0.25) is 0 Å². The fraction of sp³-hybridized carbons (Fsp3) is 0.409. The highest BCUT2D eigenvalue weighted by atomic mass is 32.2. The molecule has 0 spiro atoms. The molecule has 30 heavy (non-hydrogen) atoms. The third-order valence-corrected chi connectivity index (χ3v) is 7.20. The molecule has 0 unspecified atom stereocenters. The van der Waals surface area contributed by atoms with Gasteiger partial charge < -0.3 is 15.5 Å². The molecule has 0 saturated heterocycles. The summed E-state index contributed by atoms with van der Waals surface area (Å²) in [4.78, 5) is 14.3. The summed E-state index contributed by atoms with van der Waals surface area (Å²) < 4.78 is 39.1. The van der Waals surface area contributed by atoms with Crippen molar-refractivity contribution in [3.8, 4) is 0 Å². The van der Waals surface area contributed by atoms with E-state index in [4.69, 9.17) is 0 Å². The van der Waals surface area contributed by atoms with Crippen LogP contribution >= 0.6 is 0 Å². The molecule has 0 radical (unpaired) electrons. The van der Waals surface area contributed by atoms with Crippen molar-refractivity contribution in [2.24, 2.45) is 0 Å². The van der Waals surface area contributed by atoms with E-state index in [0.717, 1.165) is 25.7 Å². The van der Waals surface area contributed by atoms with Gasteiger partial charge in [0.05, 0.1) is 16.3 Å². The average Bonchev–Trinajstić information content (AvgIpc) is 2.74. The molecule has 0 aromatic heterocycles. The van der Waals surface area contributed by atoms with Crippen LogP contribution in [0.25, 0.3) is 0 Å². The fourth-order valence-electron chi connectivity index (χ4n) is 3.76. The number of carbonyl (C=O) groups is 1. The Morgan fingerprint density at radius 3 is 2.47 bits per heavy atom. The average molecular weight is 434 g/mol. The molecule has 1 aliphatic carbocycles. The molecule has 1 fully saturated rings. The van der Waals surface area contributed by atoms with E-state index in [9.17, 15) is 17.6 Å². The van der Waals surface area contributed by atoms with Gasteiger partial charge in [0.1, 0.15) is 5.82 Å². The molecule has 2 aromatic carbocycles. The van der Waals surface area contributed by atoms with Crippen LogP contribution in [0.15, 0.2) is 53.4 Å². The van der Waals surface area contributed by atoms with E-state index >= 15 is 0 Å². The minimum Gasteiger partial charge on any atom is -0.369 e. The Balaban J connectivity index is 1.52. The van der Waals surface area contributed by atoms with E-state index in [-0.39, 0.29) is 17.2 Å². The van der Waals surface area contributed by atoms with Crippen molar-refractivity contribution in [1.82, 2.24) is 5.32 Å². The molecule has 2 N–H and O–H groups in total. The summed E-state index contributed by atoms with van der Waals surface area (Å²) >= 11 is 0. The van der Waals surface area contributed by atoms with Crippen LogP contribution in [-0.2, 0) is 9.84 Å². The summed E-state index contributed by atoms with van der Waals surface area (Å²) in [7, 11) is -1.57. The number of carbonyl (C=O) groups excluding carboxylic acids is 1. The van der Waals surface area contributed by atoms with Gasteiger partial charge in [-0.3, -0.25) is 0 Å². The SMILES string of the molecule is CN(c1ccc(NC(=O)NCCS(=O)(=O)c2ccccc2)cc1F)C1CCCCC1. The van der Waals surface area contributed by atoms with Gasteiger partial charge in [-0.2, -0.15) is 0 Å². The largest absolute Gasteiger partial charge is 0.369 e. The number of benzene rings is 2. The van der Waals surface area contributed by atoms with E-state index in [0.29, 0.717) is 17.4 Å². The predicted octanol–water partition coefficient (Wildman–Crippen LogP) is 4.19. The molecule has 1 saturated carbocycles. The van der Waals surface area contributed by atoms with Crippen molar-refractivity contribution >= 4 is 27.2 Å². The summed E-state index contributed by atoms with van der Waals surface area (Å²) in [6, 6.07) is 12.4. The van der Waals surface area contributed by atoms with E-state index in [1.807, 2.05) is 11.9 Å². The maximum atomic E-state index is 14.6. The zero-order valence-corrected chi connectivity index (χ0v) is 17.9. The number of halogens is 1. The minimum atomic E-state index is -3.47. The first-order valence-corrected chi connectivity index (χ1v) is 11.9. The molecule has 162 valence electrons. The second-order valence-corrected chi connectivity index (χ2v) is 9.69. The van der Waals surface area contributed by atoms with Gasteiger partial charge in [-0.15, -0.1) is 0 Å². The van der Waals surface area contributed by atoms with Crippen molar-refractivity contribution in [2.75, 3.05) is 29.6 Å². The Kier molecular flexibility index (Phi) is 7.31. The Hall–Kier alpha value is -2.61. The summed E-state index contributed by atoms with van der Waals surface area (Å²) in [5, 5.41) is 5.05. The maximum absolute atomic E-state index is 14.6. The second-order valence-electron chi connectivity index (χ2n) is 7.58. The lowest BCUT2D eigenvalue weighted by Crippen LogP contribution is -2.34. The standard InChI is InChI=1S/C22H28FN3O3S/c1-26(18-8-4-2-5-9-18)21-13-12-17(16-20(21)23)25-22(27)24-14-15-30(28,29)19-10-6-3-7-11-19/h3,6-7,10-13,16,18H,2,4-5,8-9,14-15H2,1H3,(H2,24,25,27). The Morgan fingerprint density at radius 2 is 1.80 bits per heavy atom. The number of hydrogen-bond donors (Lipinski definition) is 2. The maximum Gasteiger partial charge on any atom is 0.319 e. The number of urea groups is 1. The second kappa shape index (κ2) is 9.93. The smallest absolute Gasteiger partial charge is 0.319 e. The highest BCUT2D eigenvalue weighted by molar-refractivity contribution is 7.91. The van der Waals surface area contributed by atoms with Gasteiger partial charge >= 0.3 is 6.03 Å². The van der Waals surface area contributed by atoms with Crippen molar-refractivity contribution in [1.29, 1.82) is 0 Å². The molecular weight excluding hydrogens is 405 g/mol. The van der Waals surface area contributed by atoms with Gasteiger partial charge in [-0.25, -0.2) is 17.6 Å². The number of anilines is 2. The van der Waals surface area contributed by atoms with Crippen LogP contribution in [0, 0.1) is 5.82 Å². The molecule has 0 bridgehead atoms. The monoisotopic (exact) mass is 433 g/mol. The van der Waals surface area contributed by atoms with Crippen LogP contribution < -0.4 is 15.5 Å². The molecule has 3 rings (SSSR count). The van der Waals surface area contributed by atoms with Crippen LogP contribution in [0.4, 0.5) is 20.6 Å². The first kappa shape index (κ1) is 22.1. The third kappa shape index (κ3) is 5.72. The predicted molar refractivity (Wildman–Crippen MR) is 117 cm³/mol. The minimum absolute atomic E-state index is 0.0476. The zero-order chi connectivity index (χ0) is 21.6. The molecule has 0 atom stereocenters. The summed E-state index contributed by atoms with van der Waals surface area (Å²) in [5.74, 6) is -0.614. The molecule has 1 aliphatic rings. The quantitative estimate of drug-likeness (QED) is 0.686. The van der Waals surface area contributed by atoms with Gasteiger partial charge in [0.25, 0.3) is 0 Å². The van der Waals surface area contributed by atoms with Gasteiger partial charge in [-0.1, -0.05) is 37.5 Å². The van der Waals surface area contributed by atoms with Crippen LogP contribution in [0.3, 0.4) is 0 Å². The van der Waals surface area contributed by atoms with Crippen LogP contribution in [-0.4, -0.2) is 39.8 Å². The third-order valence-electron chi connectivity index (χ3n) is 5.47. The van der Waals surface area contributed by atoms with Crippen molar-refractivity contribution in [3.63, 3.8) is 0 Å². The van der Waals surface area contributed by atoms with Gasteiger partial charge in [0, 0.05) is 25.3 Å². The summed E-state index contributed by atoms with van der Waals surface area (Å²) in [6.45, 7) is -0.0476. The number of amides is 2. The number of rotatable bonds is 7. The highest BCUT2D eigenvalue weighted by Crippen LogP contribution is 2.29. The van der Waals surface area contributed by atoms with Crippen molar-refractivity contribution < 1.29 is 17.6 Å². The summed E-state index contributed by atoms with van der Waals surface area (Å²) in [5.41, 5.74) is 0.832. The molecule has 2 amide bonds. The van der Waals surface area contributed by atoms with Crippen molar-refractivity contribution in [3.05, 3.63) is 54.3 Å². The van der Waals surface area contributed by atoms with Gasteiger partial charge in [0.2, 0.25) is 0 Å². The van der Waals surface area contributed by atoms with Gasteiger partial charge in [0.15, 0.2) is 9.84 Å². The Labute approximate surface area is 177 Å². The van der Waals surface area contributed by atoms with E-state index in [1.54, 1.807) is 30.3 Å². The van der Waals surface area contributed by atoms with E-state index < -0.39 is 21.7 Å². The molecule has 2 aromatic rings. The lowest BCUT2D eigenvalue weighted by atomic mass is 9.94. The first-order valence-electron chi connectivity index (χ1n) is 10.2. The Morgan fingerprint density at radius 1 is 1.10 bits per heavy atom. The van der Waals surface area contributed by atoms with E-state index in [1.165, 1.54) is 24.6 Å². The number of sulfone groups is 1. The molecule has 0 heterocycles. The lowest BCUT2D eigenvalue weighted by Gasteiger charge is -2.33. The zero-order valence-electron chi connectivity index (χ0n) is 17.1. The normalized spacial score (nSPS) is 14.9. The topological polar surface area (TPSA) is 78.5 Å².